The molecule has 1 amide bonds. The molecule has 136 valence electrons. The second-order valence-corrected chi connectivity index (χ2v) is 8.93. The van der Waals surface area contributed by atoms with Crippen LogP contribution in [-0.2, 0) is 14.8 Å². The molecule has 0 aliphatic carbocycles. The Bertz CT molecular complexity index is 803. The maximum atomic E-state index is 12.3. The number of likely N-dealkylation sites (tertiary alicyclic amines) is 1. The molecule has 1 saturated heterocycles. The van der Waals surface area contributed by atoms with E-state index in [0.29, 0.717) is 43.9 Å². The van der Waals surface area contributed by atoms with E-state index >= 15 is 0 Å². The van der Waals surface area contributed by atoms with Crippen LogP contribution in [0.3, 0.4) is 0 Å². The van der Waals surface area contributed by atoms with Crippen LogP contribution in [0.25, 0.3) is 0 Å². The molecule has 0 atom stereocenters. The van der Waals surface area contributed by atoms with Gasteiger partial charge in [-0.3, -0.25) is 4.79 Å². The number of carbonyl (C=O) groups excluding carboxylic acids is 1. The number of nitrogens with zero attached hydrogens (tertiary/aromatic N) is 2. The maximum absolute atomic E-state index is 12.3. The standard InChI is InChI=1S/C17H24N4O3S/c1-17(2,18)11-19-16(22)12-7-9-21(10-8-12)15-13-5-3-4-6-14(13)25(23,24)20-15/h3-6,12H,7-11,18H2,1-2H3,(H,19,22). The van der Waals surface area contributed by atoms with Crippen LogP contribution >= 0.6 is 0 Å². The van der Waals surface area contributed by atoms with Crippen molar-refractivity contribution < 1.29 is 13.2 Å². The number of hydrogen-bond donors (Lipinski definition) is 2. The zero-order valence-electron chi connectivity index (χ0n) is 14.5. The van der Waals surface area contributed by atoms with E-state index in [9.17, 15) is 13.2 Å². The van der Waals surface area contributed by atoms with Gasteiger partial charge in [-0.2, -0.15) is 8.42 Å². The molecule has 0 bridgehead atoms. The highest BCUT2D eigenvalue weighted by molar-refractivity contribution is 7.90. The zero-order valence-corrected chi connectivity index (χ0v) is 15.3. The van der Waals surface area contributed by atoms with Crippen molar-refractivity contribution in [3.05, 3.63) is 29.8 Å². The van der Waals surface area contributed by atoms with Gasteiger partial charge in [-0.15, -0.1) is 4.40 Å². The van der Waals surface area contributed by atoms with Gasteiger partial charge in [-0.1, -0.05) is 12.1 Å². The third-order valence-corrected chi connectivity index (χ3v) is 5.82. The molecule has 1 aromatic rings. The van der Waals surface area contributed by atoms with E-state index in [-0.39, 0.29) is 16.7 Å². The number of rotatable bonds is 3. The summed E-state index contributed by atoms with van der Waals surface area (Å²) in [6.07, 6.45) is 1.33. The second-order valence-electron chi connectivity index (χ2n) is 7.35. The highest BCUT2D eigenvalue weighted by atomic mass is 32.2. The van der Waals surface area contributed by atoms with Crippen LogP contribution in [-0.4, -0.2) is 50.2 Å². The van der Waals surface area contributed by atoms with Gasteiger partial charge in [-0.05, 0) is 38.8 Å². The van der Waals surface area contributed by atoms with Crippen molar-refractivity contribution in [2.45, 2.75) is 37.1 Å². The van der Waals surface area contributed by atoms with Crippen molar-refractivity contribution in [1.82, 2.24) is 10.2 Å². The summed E-state index contributed by atoms with van der Waals surface area (Å²) in [6.45, 7) is 5.38. The van der Waals surface area contributed by atoms with Gasteiger partial charge in [0.2, 0.25) is 5.91 Å². The van der Waals surface area contributed by atoms with Gasteiger partial charge in [0.15, 0.2) is 5.84 Å². The lowest BCUT2D eigenvalue weighted by atomic mass is 9.95. The van der Waals surface area contributed by atoms with E-state index in [1.165, 1.54) is 0 Å². The van der Waals surface area contributed by atoms with Crippen LogP contribution in [0.5, 0.6) is 0 Å². The number of sulfonamides is 1. The number of amides is 1. The lowest BCUT2D eigenvalue weighted by Gasteiger charge is -2.33. The molecule has 7 nitrogen and oxygen atoms in total. The van der Waals surface area contributed by atoms with Gasteiger partial charge in [0.05, 0.1) is 0 Å². The van der Waals surface area contributed by atoms with E-state index in [2.05, 4.69) is 9.71 Å². The summed E-state index contributed by atoms with van der Waals surface area (Å²) >= 11 is 0. The molecule has 25 heavy (non-hydrogen) atoms. The Balaban J connectivity index is 1.65. The van der Waals surface area contributed by atoms with Crippen molar-refractivity contribution in [2.75, 3.05) is 19.6 Å². The van der Waals surface area contributed by atoms with Gasteiger partial charge in [0, 0.05) is 36.7 Å². The molecular formula is C17H24N4O3S. The molecule has 2 aliphatic rings. The van der Waals surface area contributed by atoms with Crippen molar-refractivity contribution >= 4 is 21.8 Å². The second kappa shape index (κ2) is 6.42. The van der Waals surface area contributed by atoms with E-state index in [1.54, 1.807) is 18.2 Å². The van der Waals surface area contributed by atoms with Crippen molar-refractivity contribution in [1.29, 1.82) is 0 Å². The molecular weight excluding hydrogens is 340 g/mol. The third kappa shape index (κ3) is 3.85. The van der Waals surface area contributed by atoms with E-state index in [4.69, 9.17) is 5.73 Å². The smallest absolute Gasteiger partial charge is 0.285 e. The Morgan fingerprint density at radius 1 is 1.32 bits per heavy atom. The number of nitrogens with one attached hydrogen (secondary N) is 1. The summed E-state index contributed by atoms with van der Waals surface area (Å²) < 4.78 is 28.3. The summed E-state index contributed by atoms with van der Waals surface area (Å²) in [5.74, 6) is 0.435. The molecule has 2 aliphatic heterocycles. The summed E-state index contributed by atoms with van der Waals surface area (Å²) in [6, 6.07) is 6.87. The summed E-state index contributed by atoms with van der Waals surface area (Å²) in [5.41, 5.74) is 6.10. The molecule has 0 unspecified atom stereocenters. The SMILES string of the molecule is CC(C)(N)CNC(=O)C1CCN(C2=NS(=O)(=O)c3ccccc32)CC1. The van der Waals surface area contributed by atoms with Crippen LogP contribution < -0.4 is 11.1 Å². The van der Waals surface area contributed by atoms with E-state index in [0.717, 1.165) is 0 Å². The fourth-order valence-corrected chi connectivity index (χ4v) is 4.36. The van der Waals surface area contributed by atoms with Gasteiger partial charge >= 0.3 is 0 Å². The Labute approximate surface area is 148 Å². The first-order valence-electron chi connectivity index (χ1n) is 8.43. The van der Waals surface area contributed by atoms with Crippen LogP contribution in [0.15, 0.2) is 33.6 Å². The quantitative estimate of drug-likeness (QED) is 0.821. The average Bonchev–Trinajstić information content (AvgIpc) is 2.84. The minimum atomic E-state index is -3.61. The lowest BCUT2D eigenvalue weighted by molar-refractivity contribution is -0.126. The highest BCUT2D eigenvalue weighted by Gasteiger charge is 2.34. The molecule has 1 aromatic carbocycles. The van der Waals surface area contributed by atoms with Crippen LogP contribution in [0, 0.1) is 5.92 Å². The van der Waals surface area contributed by atoms with Gasteiger partial charge in [-0.25, -0.2) is 0 Å². The van der Waals surface area contributed by atoms with E-state index in [1.807, 2.05) is 24.8 Å². The Hall–Kier alpha value is -1.93. The number of amidine groups is 1. The summed E-state index contributed by atoms with van der Waals surface area (Å²) in [5, 5.41) is 2.90. The number of hydrogen-bond acceptors (Lipinski definition) is 5. The monoisotopic (exact) mass is 364 g/mol. The summed E-state index contributed by atoms with van der Waals surface area (Å²) in [7, 11) is -3.61. The minimum Gasteiger partial charge on any atom is -0.355 e. The maximum Gasteiger partial charge on any atom is 0.285 e. The number of nitrogens with two attached hydrogens (primary N) is 1. The normalized spacial score (nSPS) is 20.1. The first kappa shape index (κ1) is 17.9. The van der Waals surface area contributed by atoms with Crippen LogP contribution in [0.4, 0.5) is 0 Å². The molecule has 0 saturated carbocycles. The number of piperidine rings is 1. The number of fused-ring (bicyclic) bond motifs is 1. The molecule has 0 spiro atoms. The predicted octanol–water partition coefficient (Wildman–Crippen LogP) is 0.701. The molecule has 2 heterocycles. The average molecular weight is 364 g/mol. The highest BCUT2D eigenvalue weighted by Crippen LogP contribution is 2.29. The molecule has 0 aromatic heterocycles. The fourth-order valence-electron chi connectivity index (χ4n) is 3.13. The lowest BCUT2D eigenvalue weighted by Crippen LogP contribution is -2.48. The third-order valence-electron chi connectivity index (χ3n) is 4.50. The van der Waals surface area contributed by atoms with Gasteiger partial charge in [0.25, 0.3) is 10.0 Å². The Morgan fingerprint density at radius 2 is 1.96 bits per heavy atom. The van der Waals surface area contributed by atoms with Crippen molar-refractivity contribution in [3.8, 4) is 0 Å². The molecule has 3 rings (SSSR count). The summed E-state index contributed by atoms with van der Waals surface area (Å²) in [4.78, 5) is 14.5. The Morgan fingerprint density at radius 3 is 2.60 bits per heavy atom. The molecule has 0 radical (unpaired) electrons. The van der Waals surface area contributed by atoms with Crippen LogP contribution in [0.2, 0.25) is 0 Å². The van der Waals surface area contributed by atoms with Gasteiger partial charge in [0.1, 0.15) is 4.90 Å². The first-order chi connectivity index (χ1) is 11.7. The van der Waals surface area contributed by atoms with Crippen molar-refractivity contribution in [3.63, 3.8) is 0 Å². The number of benzene rings is 1. The first-order valence-corrected chi connectivity index (χ1v) is 9.87. The number of carbonyl (C=O) groups is 1. The van der Waals surface area contributed by atoms with Crippen LogP contribution in [0.1, 0.15) is 32.3 Å². The Kier molecular flexibility index (Phi) is 4.59. The zero-order chi connectivity index (χ0) is 18.2. The fraction of sp³-hybridized carbons (Fsp3) is 0.529. The van der Waals surface area contributed by atoms with E-state index < -0.39 is 15.6 Å². The topological polar surface area (TPSA) is 105 Å². The molecule has 8 heteroatoms. The van der Waals surface area contributed by atoms with Gasteiger partial charge < -0.3 is 16.0 Å². The predicted molar refractivity (Wildman–Crippen MR) is 95.7 cm³/mol. The van der Waals surface area contributed by atoms with Crippen molar-refractivity contribution in [2.24, 2.45) is 16.0 Å². The molecule has 3 N–H and O–H groups in total. The largest absolute Gasteiger partial charge is 0.355 e. The minimum absolute atomic E-state index is 0.0135. The molecule has 1 fully saturated rings.